The summed E-state index contributed by atoms with van der Waals surface area (Å²) in [7, 11) is 0. The van der Waals surface area contributed by atoms with Crippen LogP contribution < -0.4 is 4.74 Å². The SMILES string of the molecule is CCC(=CCOc1ccc(C(F)(F)F)cc1)C(=O)O. The summed E-state index contributed by atoms with van der Waals surface area (Å²) in [5.74, 6) is -0.774. The van der Waals surface area contributed by atoms with Crippen LogP contribution in [0.4, 0.5) is 13.2 Å². The van der Waals surface area contributed by atoms with Crippen LogP contribution in [-0.4, -0.2) is 17.7 Å². The van der Waals surface area contributed by atoms with E-state index in [1.165, 1.54) is 18.2 Å². The highest BCUT2D eigenvalue weighted by atomic mass is 19.4. The van der Waals surface area contributed by atoms with E-state index in [-0.39, 0.29) is 17.9 Å². The largest absolute Gasteiger partial charge is 0.490 e. The number of alkyl halides is 3. The summed E-state index contributed by atoms with van der Waals surface area (Å²) in [6.07, 6.45) is -2.64. The molecule has 0 fully saturated rings. The third-order valence-electron chi connectivity index (χ3n) is 2.42. The molecular formula is C13H13F3O3. The fourth-order valence-corrected chi connectivity index (χ4v) is 1.36. The van der Waals surface area contributed by atoms with Crippen LogP contribution in [0.3, 0.4) is 0 Å². The number of carboxylic acids is 1. The van der Waals surface area contributed by atoms with Gasteiger partial charge in [-0.05, 0) is 36.8 Å². The maximum absolute atomic E-state index is 12.3. The smallest absolute Gasteiger partial charge is 0.416 e. The van der Waals surface area contributed by atoms with E-state index in [1.807, 2.05) is 0 Å². The first kappa shape index (κ1) is 15.1. The molecule has 3 nitrogen and oxygen atoms in total. The van der Waals surface area contributed by atoms with E-state index >= 15 is 0 Å². The summed E-state index contributed by atoms with van der Waals surface area (Å²) in [6, 6.07) is 4.22. The van der Waals surface area contributed by atoms with E-state index in [1.54, 1.807) is 6.92 Å². The van der Waals surface area contributed by atoms with E-state index in [0.717, 1.165) is 12.1 Å². The molecule has 1 N–H and O–H groups in total. The molecule has 0 aliphatic heterocycles. The molecule has 0 bridgehead atoms. The predicted molar refractivity (Wildman–Crippen MR) is 62.9 cm³/mol. The second-order valence-electron chi connectivity index (χ2n) is 3.72. The molecule has 0 radical (unpaired) electrons. The fraction of sp³-hybridized carbons (Fsp3) is 0.308. The molecule has 0 unspecified atom stereocenters. The van der Waals surface area contributed by atoms with Crippen molar-refractivity contribution in [3.05, 3.63) is 41.5 Å². The molecule has 0 heterocycles. The van der Waals surface area contributed by atoms with E-state index < -0.39 is 17.7 Å². The molecule has 0 aliphatic rings. The molecule has 0 saturated carbocycles. The molecule has 1 aromatic rings. The van der Waals surface area contributed by atoms with Crippen LogP contribution in [-0.2, 0) is 11.0 Å². The highest BCUT2D eigenvalue weighted by Gasteiger charge is 2.29. The van der Waals surface area contributed by atoms with Gasteiger partial charge in [0.1, 0.15) is 12.4 Å². The van der Waals surface area contributed by atoms with Gasteiger partial charge < -0.3 is 9.84 Å². The first-order valence-electron chi connectivity index (χ1n) is 5.57. The van der Waals surface area contributed by atoms with Crippen LogP contribution in [0.2, 0.25) is 0 Å². The van der Waals surface area contributed by atoms with Crippen LogP contribution in [0.25, 0.3) is 0 Å². The van der Waals surface area contributed by atoms with Gasteiger partial charge >= 0.3 is 12.1 Å². The zero-order valence-corrected chi connectivity index (χ0v) is 10.2. The van der Waals surface area contributed by atoms with E-state index in [2.05, 4.69) is 0 Å². The summed E-state index contributed by atoms with van der Waals surface area (Å²) in [5.41, 5.74) is -0.554. The van der Waals surface area contributed by atoms with Crippen LogP contribution in [0.5, 0.6) is 5.75 Å². The van der Waals surface area contributed by atoms with Crippen molar-refractivity contribution in [2.75, 3.05) is 6.61 Å². The Morgan fingerprint density at radius 3 is 2.32 bits per heavy atom. The van der Waals surface area contributed by atoms with Crippen molar-refractivity contribution < 1.29 is 27.8 Å². The standard InChI is InChI=1S/C13H13F3O3/c1-2-9(12(17)18)7-8-19-11-5-3-10(4-6-11)13(14,15)16/h3-7H,2,8H2,1H3,(H,17,18). The Balaban J connectivity index is 2.62. The summed E-state index contributed by atoms with van der Waals surface area (Å²) in [6.45, 7) is 1.69. The topological polar surface area (TPSA) is 46.5 Å². The maximum Gasteiger partial charge on any atom is 0.416 e. The van der Waals surface area contributed by atoms with Gasteiger partial charge in [0.15, 0.2) is 0 Å². The summed E-state index contributed by atoms with van der Waals surface area (Å²) < 4.78 is 42.0. The Morgan fingerprint density at radius 2 is 1.89 bits per heavy atom. The lowest BCUT2D eigenvalue weighted by Gasteiger charge is -2.08. The van der Waals surface area contributed by atoms with Crippen LogP contribution in [0.1, 0.15) is 18.9 Å². The lowest BCUT2D eigenvalue weighted by Crippen LogP contribution is -2.05. The number of hydrogen-bond acceptors (Lipinski definition) is 2. The molecule has 6 heteroatoms. The minimum Gasteiger partial charge on any atom is -0.490 e. The molecule has 104 valence electrons. The highest BCUT2D eigenvalue weighted by molar-refractivity contribution is 5.86. The monoisotopic (exact) mass is 274 g/mol. The van der Waals surface area contributed by atoms with E-state index in [9.17, 15) is 18.0 Å². The molecule has 1 aromatic carbocycles. The average Bonchev–Trinajstić information content (AvgIpc) is 2.33. The van der Waals surface area contributed by atoms with Crippen LogP contribution >= 0.6 is 0 Å². The fourth-order valence-electron chi connectivity index (χ4n) is 1.36. The Labute approximate surface area is 108 Å². The van der Waals surface area contributed by atoms with Gasteiger partial charge in [0.2, 0.25) is 0 Å². The lowest BCUT2D eigenvalue weighted by molar-refractivity contribution is -0.137. The zero-order chi connectivity index (χ0) is 14.5. The van der Waals surface area contributed by atoms with Gasteiger partial charge in [-0.1, -0.05) is 6.92 Å². The van der Waals surface area contributed by atoms with Gasteiger partial charge in [-0.15, -0.1) is 0 Å². The molecule has 0 spiro atoms. The highest BCUT2D eigenvalue weighted by Crippen LogP contribution is 2.30. The van der Waals surface area contributed by atoms with Crippen molar-refractivity contribution in [3.8, 4) is 5.75 Å². The van der Waals surface area contributed by atoms with Crippen LogP contribution in [0, 0.1) is 0 Å². The van der Waals surface area contributed by atoms with Crippen molar-refractivity contribution in [2.45, 2.75) is 19.5 Å². The molecule has 0 aromatic heterocycles. The number of halogens is 3. The molecule has 0 saturated heterocycles. The second-order valence-corrected chi connectivity index (χ2v) is 3.72. The first-order chi connectivity index (χ1) is 8.84. The Hall–Kier alpha value is -1.98. The lowest BCUT2D eigenvalue weighted by atomic mass is 10.2. The van der Waals surface area contributed by atoms with Gasteiger partial charge in [-0.25, -0.2) is 4.79 Å². The second kappa shape index (κ2) is 6.26. The minimum absolute atomic E-state index is 0.000831. The Morgan fingerprint density at radius 1 is 1.32 bits per heavy atom. The molecule has 0 amide bonds. The number of aliphatic carboxylic acids is 1. The van der Waals surface area contributed by atoms with Crippen LogP contribution in [0.15, 0.2) is 35.9 Å². The van der Waals surface area contributed by atoms with E-state index in [4.69, 9.17) is 9.84 Å². The summed E-state index contributed by atoms with van der Waals surface area (Å²) >= 11 is 0. The number of carbonyl (C=O) groups is 1. The number of ether oxygens (including phenoxy) is 1. The summed E-state index contributed by atoms with van der Waals surface area (Å²) in [5, 5.41) is 8.75. The molecule has 0 aliphatic carbocycles. The normalized spacial score (nSPS) is 12.3. The first-order valence-corrected chi connectivity index (χ1v) is 5.57. The third-order valence-corrected chi connectivity index (χ3v) is 2.42. The van der Waals surface area contributed by atoms with Crippen molar-refractivity contribution in [2.24, 2.45) is 0 Å². The quantitative estimate of drug-likeness (QED) is 0.836. The molecule has 0 atom stereocenters. The van der Waals surface area contributed by atoms with Gasteiger partial charge in [0.05, 0.1) is 5.56 Å². The van der Waals surface area contributed by atoms with Crippen molar-refractivity contribution in [3.63, 3.8) is 0 Å². The van der Waals surface area contributed by atoms with Crippen molar-refractivity contribution in [1.29, 1.82) is 0 Å². The van der Waals surface area contributed by atoms with Gasteiger partial charge in [-0.3, -0.25) is 0 Å². The zero-order valence-electron chi connectivity index (χ0n) is 10.2. The molecule has 19 heavy (non-hydrogen) atoms. The predicted octanol–water partition coefficient (Wildman–Crippen LogP) is 3.51. The Kier molecular flexibility index (Phi) is 4.97. The third kappa shape index (κ3) is 4.65. The maximum atomic E-state index is 12.3. The number of benzene rings is 1. The van der Waals surface area contributed by atoms with Gasteiger partial charge in [0, 0.05) is 5.57 Å². The molecule has 1 rings (SSSR count). The Bertz CT molecular complexity index is 461. The van der Waals surface area contributed by atoms with Crippen molar-refractivity contribution >= 4 is 5.97 Å². The van der Waals surface area contributed by atoms with E-state index in [0.29, 0.717) is 6.42 Å². The van der Waals surface area contributed by atoms with Gasteiger partial charge in [0.25, 0.3) is 0 Å². The minimum atomic E-state index is -4.38. The average molecular weight is 274 g/mol. The molecular weight excluding hydrogens is 261 g/mol. The van der Waals surface area contributed by atoms with Gasteiger partial charge in [-0.2, -0.15) is 13.2 Å². The van der Waals surface area contributed by atoms with Crippen molar-refractivity contribution in [1.82, 2.24) is 0 Å². The number of hydrogen-bond donors (Lipinski definition) is 1. The summed E-state index contributed by atoms with van der Waals surface area (Å²) in [4.78, 5) is 10.7. The number of carboxylic acid groups (broad SMARTS) is 1. The number of rotatable bonds is 5.